The number of amides is 2. The van der Waals surface area contributed by atoms with Crippen LogP contribution < -0.4 is 10.5 Å². The van der Waals surface area contributed by atoms with Gasteiger partial charge in [-0.15, -0.1) is 0 Å². The number of para-hydroxylation sites is 1. The maximum Gasteiger partial charge on any atom is 0.346 e. The predicted octanol–water partition coefficient (Wildman–Crippen LogP) is 2.40. The topological polar surface area (TPSA) is 67.9 Å². The number of carbonyl (C=O) groups excluding carboxylic acids is 1. The quantitative estimate of drug-likeness (QED) is 0.861. The second-order valence-corrected chi connectivity index (χ2v) is 6.78. The number of aliphatic imine (C=N–C) groups is 1. The molecule has 5 heteroatoms. The van der Waals surface area contributed by atoms with Crippen molar-refractivity contribution in [2.75, 3.05) is 0 Å². The molecule has 1 aromatic carbocycles. The number of benzene rings is 1. The van der Waals surface area contributed by atoms with E-state index >= 15 is 0 Å². The molecule has 2 N–H and O–H groups in total. The summed E-state index contributed by atoms with van der Waals surface area (Å²) in [6.45, 7) is 4.07. The van der Waals surface area contributed by atoms with Gasteiger partial charge >= 0.3 is 6.03 Å². The molecule has 3 aliphatic rings. The van der Waals surface area contributed by atoms with Crippen molar-refractivity contribution in [3.05, 3.63) is 29.8 Å². The standard InChI is InChI=1S/C16H19N3O2/c1-15(2)9-16(11-5-3-4-6-12(11)21-15)13(17)18-14(20)19(16)10-7-8-10/h3-6,10H,7-9H2,1-2H3,(H2,17,18,20). The van der Waals surface area contributed by atoms with Crippen LogP contribution in [0.5, 0.6) is 5.75 Å². The molecule has 0 bridgehead atoms. The normalized spacial score (nSPS) is 30.1. The summed E-state index contributed by atoms with van der Waals surface area (Å²) in [6.07, 6.45) is 2.69. The van der Waals surface area contributed by atoms with Gasteiger partial charge in [-0.25, -0.2) is 4.79 Å². The molecule has 2 amide bonds. The molecule has 0 radical (unpaired) electrons. The minimum absolute atomic E-state index is 0.206. The van der Waals surface area contributed by atoms with Crippen molar-refractivity contribution in [3.8, 4) is 5.75 Å². The zero-order valence-corrected chi connectivity index (χ0v) is 12.3. The van der Waals surface area contributed by atoms with Crippen LogP contribution in [0.1, 0.15) is 38.7 Å². The fourth-order valence-electron chi connectivity index (χ4n) is 3.72. The van der Waals surface area contributed by atoms with Crippen molar-refractivity contribution in [1.82, 2.24) is 4.90 Å². The van der Waals surface area contributed by atoms with E-state index in [0.29, 0.717) is 12.3 Å². The van der Waals surface area contributed by atoms with E-state index < -0.39 is 11.1 Å². The number of nitrogens with zero attached hydrogens (tertiary/aromatic N) is 2. The van der Waals surface area contributed by atoms with Gasteiger partial charge in [-0.2, -0.15) is 4.99 Å². The summed E-state index contributed by atoms with van der Waals surface area (Å²) in [5.74, 6) is 1.20. The van der Waals surface area contributed by atoms with Gasteiger partial charge in [0, 0.05) is 18.0 Å². The van der Waals surface area contributed by atoms with Crippen molar-refractivity contribution in [2.24, 2.45) is 10.7 Å². The summed E-state index contributed by atoms with van der Waals surface area (Å²) in [7, 11) is 0. The van der Waals surface area contributed by atoms with Gasteiger partial charge < -0.3 is 15.4 Å². The first-order valence-electron chi connectivity index (χ1n) is 7.40. The van der Waals surface area contributed by atoms with Crippen LogP contribution in [0.15, 0.2) is 29.3 Å². The third kappa shape index (κ3) is 1.63. The molecule has 1 aliphatic carbocycles. The van der Waals surface area contributed by atoms with E-state index in [1.165, 1.54) is 0 Å². The van der Waals surface area contributed by atoms with Gasteiger partial charge in [0.25, 0.3) is 0 Å². The third-order valence-corrected chi connectivity index (χ3v) is 4.57. The van der Waals surface area contributed by atoms with Crippen LogP contribution in [0.4, 0.5) is 4.79 Å². The Bertz CT molecular complexity index is 663. The van der Waals surface area contributed by atoms with Crippen molar-refractivity contribution in [3.63, 3.8) is 0 Å². The van der Waals surface area contributed by atoms with Crippen LogP contribution >= 0.6 is 0 Å². The number of fused-ring (bicyclic) bond motifs is 2. The van der Waals surface area contributed by atoms with Crippen LogP contribution in [-0.4, -0.2) is 28.4 Å². The Morgan fingerprint density at radius 2 is 2.05 bits per heavy atom. The molecule has 1 unspecified atom stereocenters. The number of nitrogens with two attached hydrogens (primary N) is 1. The van der Waals surface area contributed by atoms with E-state index in [0.717, 1.165) is 24.2 Å². The molecular formula is C16H19N3O2. The van der Waals surface area contributed by atoms with Gasteiger partial charge in [-0.05, 0) is 32.8 Å². The average molecular weight is 285 g/mol. The SMILES string of the molecule is CC1(C)CC2(C(N)=NC(=O)N2C2CC2)c2ccccc2O1. The molecular weight excluding hydrogens is 266 g/mol. The van der Waals surface area contributed by atoms with Crippen LogP contribution in [0, 0.1) is 0 Å². The van der Waals surface area contributed by atoms with Gasteiger partial charge in [0.15, 0.2) is 0 Å². The van der Waals surface area contributed by atoms with Crippen molar-refractivity contribution >= 4 is 11.9 Å². The highest BCUT2D eigenvalue weighted by Crippen LogP contribution is 2.52. The number of ether oxygens (including phenoxy) is 1. The zero-order valence-electron chi connectivity index (χ0n) is 12.3. The molecule has 110 valence electrons. The van der Waals surface area contributed by atoms with Crippen LogP contribution in [0.2, 0.25) is 0 Å². The summed E-state index contributed by atoms with van der Waals surface area (Å²) < 4.78 is 6.09. The predicted molar refractivity (Wildman–Crippen MR) is 79.3 cm³/mol. The average Bonchev–Trinajstić information content (AvgIpc) is 3.18. The molecule has 1 saturated carbocycles. The van der Waals surface area contributed by atoms with E-state index in [9.17, 15) is 4.79 Å². The number of hydrogen-bond acceptors (Lipinski definition) is 3. The van der Waals surface area contributed by atoms with E-state index in [1.807, 2.05) is 43.0 Å². The summed E-state index contributed by atoms with van der Waals surface area (Å²) in [5, 5.41) is 0. The van der Waals surface area contributed by atoms with E-state index in [1.54, 1.807) is 0 Å². The Morgan fingerprint density at radius 1 is 1.33 bits per heavy atom. The first kappa shape index (κ1) is 12.7. The minimum atomic E-state index is -0.642. The van der Waals surface area contributed by atoms with Crippen molar-refractivity contribution in [2.45, 2.75) is 50.3 Å². The van der Waals surface area contributed by atoms with E-state index in [-0.39, 0.29) is 12.1 Å². The molecule has 1 aromatic rings. The Balaban J connectivity index is 1.96. The lowest BCUT2D eigenvalue weighted by atomic mass is 9.76. The maximum absolute atomic E-state index is 12.4. The molecule has 1 spiro atoms. The second-order valence-electron chi connectivity index (χ2n) is 6.78. The number of carbonyl (C=O) groups is 1. The summed E-state index contributed by atoms with van der Waals surface area (Å²) >= 11 is 0. The lowest BCUT2D eigenvalue weighted by Crippen LogP contribution is -2.58. The van der Waals surface area contributed by atoms with Gasteiger partial charge in [0.2, 0.25) is 0 Å². The van der Waals surface area contributed by atoms with Gasteiger partial charge in [0.1, 0.15) is 22.7 Å². The molecule has 21 heavy (non-hydrogen) atoms. The first-order chi connectivity index (χ1) is 9.94. The van der Waals surface area contributed by atoms with Crippen LogP contribution in [0.25, 0.3) is 0 Å². The monoisotopic (exact) mass is 285 g/mol. The maximum atomic E-state index is 12.4. The Labute approximate surface area is 123 Å². The number of amidine groups is 1. The summed E-state index contributed by atoms with van der Waals surface area (Å²) in [4.78, 5) is 18.4. The Hall–Kier alpha value is -2.04. The molecule has 4 rings (SSSR count). The Kier molecular flexibility index (Phi) is 2.28. The van der Waals surface area contributed by atoms with Crippen LogP contribution in [0.3, 0.4) is 0 Å². The highest BCUT2D eigenvalue weighted by molar-refractivity contribution is 6.07. The number of rotatable bonds is 1. The largest absolute Gasteiger partial charge is 0.487 e. The molecule has 0 aromatic heterocycles. The van der Waals surface area contributed by atoms with Crippen LogP contribution in [-0.2, 0) is 5.54 Å². The molecule has 5 nitrogen and oxygen atoms in total. The third-order valence-electron chi connectivity index (χ3n) is 4.57. The summed E-state index contributed by atoms with van der Waals surface area (Å²) in [6, 6.07) is 7.90. The number of hydrogen-bond donors (Lipinski definition) is 1. The highest BCUT2D eigenvalue weighted by atomic mass is 16.5. The highest BCUT2D eigenvalue weighted by Gasteiger charge is 2.59. The van der Waals surface area contributed by atoms with Gasteiger partial charge in [-0.3, -0.25) is 0 Å². The molecule has 1 fully saturated rings. The van der Waals surface area contributed by atoms with Crippen molar-refractivity contribution in [1.29, 1.82) is 0 Å². The molecule has 0 saturated heterocycles. The van der Waals surface area contributed by atoms with Crippen molar-refractivity contribution < 1.29 is 9.53 Å². The number of urea groups is 1. The fraction of sp³-hybridized carbons (Fsp3) is 0.500. The Morgan fingerprint density at radius 3 is 2.76 bits per heavy atom. The van der Waals surface area contributed by atoms with Gasteiger partial charge in [-0.1, -0.05) is 18.2 Å². The second kappa shape index (κ2) is 3.78. The first-order valence-corrected chi connectivity index (χ1v) is 7.40. The molecule has 2 heterocycles. The zero-order chi connectivity index (χ0) is 14.8. The van der Waals surface area contributed by atoms with Gasteiger partial charge in [0.05, 0.1) is 0 Å². The molecule has 1 atom stereocenters. The van der Waals surface area contributed by atoms with E-state index in [4.69, 9.17) is 10.5 Å². The minimum Gasteiger partial charge on any atom is -0.487 e. The summed E-state index contributed by atoms with van der Waals surface area (Å²) in [5.41, 5.74) is 6.18. The van der Waals surface area contributed by atoms with E-state index in [2.05, 4.69) is 4.99 Å². The lowest BCUT2D eigenvalue weighted by Gasteiger charge is -2.48. The molecule has 2 aliphatic heterocycles. The smallest absolute Gasteiger partial charge is 0.346 e. The fourth-order valence-corrected chi connectivity index (χ4v) is 3.72. The lowest BCUT2D eigenvalue weighted by molar-refractivity contribution is 0.0212.